The van der Waals surface area contributed by atoms with Gasteiger partial charge in [-0.1, -0.05) is 64.0 Å². The highest BCUT2D eigenvalue weighted by molar-refractivity contribution is 9.10. The van der Waals surface area contributed by atoms with E-state index in [9.17, 15) is 9.59 Å². The molecule has 4 aromatic rings. The standard InChI is InChI=1S/C30H27BrN2O3S/c1-21-9-12-25(13-10-21)36-17-16-32-20-23(26-19-24(31)11-14-27(26)32)18-28-29(34)33(30(35)37-28)15-5-8-22-6-3-2-4-7-22/h2-4,6-7,9-14,18-20H,5,8,15-17H2,1H3/b28-18-. The smallest absolute Gasteiger partial charge is 0.293 e. The molecule has 0 radical (unpaired) electrons. The number of ether oxygens (including phenoxy) is 1. The minimum Gasteiger partial charge on any atom is -0.492 e. The monoisotopic (exact) mass is 574 g/mol. The van der Waals surface area contributed by atoms with Gasteiger partial charge in [0.1, 0.15) is 12.4 Å². The molecule has 1 saturated heterocycles. The lowest BCUT2D eigenvalue weighted by atomic mass is 10.1. The number of carbonyl (C=O) groups is 2. The lowest BCUT2D eigenvalue weighted by molar-refractivity contribution is -0.122. The number of imide groups is 1. The predicted octanol–water partition coefficient (Wildman–Crippen LogP) is 7.46. The number of amides is 2. The van der Waals surface area contributed by atoms with Gasteiger partial charge in [0, 0.05) is 33.7 Å². The molecular weight excluding hydrogens is 548 g/mol. The minimum atomic E-state index is -0.221. The zero-order valence-electron chi connectivity index (χ0n) is 20.5. The van der Waals surface area contributed by atoms with Crippen molar-refractivity contribution >= 4 is 55.8 Å². The topological polar surface area (TPSA) is 51.5 Å². The van der Waals surface area contributed by atoms with Crippen molar-refractivity contribution in [2.75, 3.05) is 13.2 Å². The first-order chi connectivity index (χ1) is 18.0. The second kappa shape index (κ2) is 11.4. The van der Waals surface area contributed by atoms with Gasteiger partial charge in [-0.3, -0.25) is 14.5 Å². The average Bonchev–Trinajstić information content (AvgIpc) is 3.37. The summed E-state index contributed by atoms with van der Waals surface area (Å²) in [5.74, 6) is 0.618. The fraction of sp³-hybridized carbons (Fsp3) is 0.200. The molecular formula is C30H27BrN2O3S. The van der Waals surface area contributed by atoms with Crippen LogP contribution in [0, 0.1) is 6.92 Å². The van der Waals surface area contributed by atoms with Gasteiger partial charge in [-0.25, -0.2) is 0 Å². The van der Waals surface area contributed by atoms with Crippen LogP contribution < -0.4 is 4.74 Å². The number of aromatic nitrogens is 1. The van der Waals surface area contributed by atoms with Crippen LogP contribution in [0.1, 0.15) is 23.1 Å². The molecule has 2 heterocycles. The summed E-state index contributed by atoms with van der Waals surface area (Å²) in [7, 11) is 0. The van der Waals surface area contributed by atoms with Gasteiger partial charge in [-0.2, -0.15) is 0 Å². The molecule has 0 N–H and O–H groups in total. The highest BCUT2D eigenvalue weighted by Gasteiger charge is 2.34. The SMILES string of the molecule is Cc1ccc(OCCn2cc(/C=C3\SC(=O)N(CCCc4ccccc4)C3=O)c3cc(Br)ccc32)cc1. The normalized spacial score (nSPS) is 14.8. The number of benzene rings is 3. The molecule has 37 heavy (non-hydrogen) atoms. The van der Waals surface area contributed by atoms with E-state index in [0.29, 0.717) is 24.6 Å². The summed E-state index contributed by atoms with van der Waals surface area (Å²) in [5.41, 5.74) is 4.35. The average molecular weight is 576 g/mol. The first-order valence-corrected chi connectivity index (χ1v) is 13.9. The molecule has 0 spiro atoms. The summed E-state index contributed by atoms with van der Waals surface area (Å²) in [6, 6.07) is 24.2. The zero-order valence-corrected chi connectivity index (χ0v) is 22.9. The van der Waals surface area contributed by atoms with Gasteiger partial charge >= 0.3 is 0 Å². The largest absolute Gasteiger partial charge is 0.492 e. The summed E-state index contributed by atoms with van der Waals surface area (Å²) in [6.07, 6.45) is 5.43. The summed E-state index contributed by atoms with van der Waals surface area (Å²) in [6.45, 7) is 3.64. The Kier molecular flexibility index (Phi) is 7.82. The van der Waals surface area contributed by atoms with E-state index in [2.05, 4.69) is 45.6 Å². The van der Waals surface area contributed by atoms with E-state index in [-0.39, 0.29) is 11.1 Å². The number of fused-ring (bicyclic) bond motifs is 1. The first kappa shape index (κ1) is 25.4. The molecule has 1 aliphatic heterocycles. The summed E-state index contributed by atoms with van der Waals surface area (Å²) >= 11 is 4.58. The Balaban J connectivity index is 1.31. The van der Waals surface area contributed by atoms with Crippen LogP contribution in [0.15, 0.2) is 88.4 Å². The van der Waals surface area contributed by atoms with E-state index in [0.717, 1.165) is 51.3 Å². The molecule has 0 saturated carbocycles. The molecule has 0 bridgehead atoms. The molecule has 7 heteroatoms. The van der Waals surface area contributed by atoms with Crippen LogP contribution in [0.25, 0.3) is 17.0 Å². The Morgan fingerprint density at radius 1 is 0.973 bits per heavy atom. The van der Waals surface area contributed by atoms with Crippen molar-refractivity contribution in [1.29, 1.82) is 0 Å². The first-order valence-electron chi connectivity index (χ1n) is 12.2. The van der Waals surface area contributed by atoms with Crippen molar-refractivity contribution in [3.8, 4) is 5.75 Å². The molecule has 3 aromatic carbocycles. The Labute approximate surface area is 229 Å². The van der Waals surface area contributed by atoms with Crippen molar-refractivity contribution in [1.82, 2.24) is 9.47 Å². The number of nitrogens with zero attached hydrogens (tertiary/aromatic N) is 2. The van der Waals surface area contributed by atoms with E-state index < -0.39 is 0 Å². The van der Waals surface area contributed by atoms with E-state index in [1.165, 1.54) is 16.0 Å². The second-order valence-corrected chi connectivity index (χ2v) is 10.9. The molecule has 188 valence electrons. The van der Waals surface area contributed by atoms with Gasteiger partial charge in [0.15, 0.2) is 0 Å². The lowest BCUT2D eigenvalue weighted by Gasteiger charge is -2.12. The number of aryl methyl sites for hydroxylation is 2. The molecule has 0 atom stereocenters. The Morgan fingerprint density at radius 2 is 1.76 bits per heavy atom. The van der Waals surface area contributed by atoms with Crippen LogP contribution in [0.2, 0.25) is 0 Å². The molecule has 2 amide bonds. The number of halogens is 1. The highest BCUT2D eigenvalue weighted by Crippen LogP contribution is 2.35. The van der Waals surface area contributed by atoms with Crippen molar-refractivity contribution < 1.29 is 14.3 Å². The molecule has 1 fully saturated rings. The summed E-state index contributed by atoms with van der Waals surface area (Å²) < 4.78 is 9.03. The number of carbonyl (C=O) groups excluding carboxylic acids is 2. The second-order valence-electron chi connectivity index (χ2n) is 9.02. The van der Waals surface area contributed by atoms with Gasteiger partial charge in [0.2, 0.25) is 0 Å². The zero-order chi connectivity index (χ0) is 25.8. The maximum absolute atomic E-state index is 13.1. The van der Waals surface area contributed by atoms with Gasteiger partial charge in [-0.15, -0.1) is 0 Å². The van der Waals surface area contributed by atoms with Crippen molar-refractivity contribution in [3.05, 3.63) is 105 Å². The van der Waals surface area contributed by atoms with Gasteiger partial charge < -0.3 is 9.30 Å². The highest BCUT2D eigenvalue weighted by atomic mass is 79.9. The Bertz CT molecular complexity index is 1460. The molecule has 1 aliphatic rings. The van der Waals surface area contributed by atoms with Gasteiger partial charge in [0.05, 0.1) is 11.4 Å². The Morgan fingerprint density at radius 3 is 2.54 bits per heavy atom. The molecule has 0 aliphatic carbocycles. The number of hydrogen-bond acceptors (Lipinski definition) is 4. The number of rotatable bonds is 9. The molecule has 5 nitrogen and oxygen atoms in total. The fourth-order valence-corrected chi connectivity index (χ4v) is 5.63. The van der Waals surface area contributed by atoms with Gasteiger partial charge in [0.25, 0.3) is 11.1 Å². The van der Waals surface area contributed by atoms with Crippen LogP contribution in [-0.2, 0) is 17.8 Å². The maximum Gasteiger partial charge on any atom is 0.293 e. The number of hydrogen-bond donors (Lipinski definition) is 0. The fourth-order valence-electron chi connectivity index (χ4n) is 4.41. The van der Waals surface area contributed by atoms with Gasteiger partial charge in [-0.05, 0) is 73.5 Å². The predicted molar refractivity (Wildman–Crippen MR) is 154 cm³/mol. The quantitative estimate of drug-likeness (QED) is 0.195. The van der Waals surface area contributed by atoms with E-state index >= 15 is 0 Å². The molecule has 5 rings (SSSR count). The van der Waals surface area contributed by atoms with E-state index in [1.807, 2.05) is 66.9 Å². The van der Waals surface area contributed by atoms with Crippen molar-refractivity contribution in [2.45, 2.75) is 26.3 Å². The Hall–Kier alpha value is -3.29. The summed E-state index contributed by atoms with van der Waals surface area (Å²) in [5, 5.41) is 0.807. The number of thioether (sulfide) groups is 1. The van der Waals surface area contributed by atoms with Crippen molar-refractivity contribution in [3.63, 3.8) is 0 Å². The third kappa shape index (κ3) is 6.00. The third-order valence-corrected chi connectivity index (χ3v) is 7.75. The lowest BCUT2D eigenvalue weighted by Crippen LogP contribution is -2.29. The van der Waals surface area contributed by atoms with Crippen molar-refractivity contribution in [2.24, 2.45) is 0 Å². The molecule has 0 unspecified atom stereocenters. The van der Waals surface area contributed by atoms with Crippen LogP contribution in [-0.4, -0.2) is 33.8 Å². The van der Waals surface area contributed by atoms with Crippen LogP contribution in [0.3, 0.4) is 0 Å². The van der Waals surface area contributed by atoms with Crippen LogP contribution in [0.5, 0.6) is 5.75 Å². The van der Waals surface area contributed by atoms with Crippen LogP contribution in [0.4, 0.5) is 4.79 Å². The third-order valence-electron chi connectivity index (χ3n) is 6.35. The van der Waals surface area contributed by atoms with E-state index in [1.54, 1.807) is 0 Å². The maximum atomic E-state index is 13.1. The minimum absolute atomic E-state index is 0.208. The molecule has 1 aromatic heterocycles. The van der Waals surface area contributed by atoms with E-state index in [4.69, 9.17) is 4.74 Å². The summed E-state index contributed by atoms with van der Waals surface area (Å²) in [4.78, 5) is 27.6. The van der Waals surface area contributed by atoms with Crippen LogP contribution >= 0.6 is 27.7 Å².